The average molecular weight is 387 g/mol. The van der Waals surface area contributed by atoms with Gasteiger partial charge in [-0.15, -0.1) is 0 Å². The summed E-state index contributed by atoms with van der Waals surface area (Å²) in [6.07, 6.45) is 3.59. The largest absolute Gasteiger partial charge is 0.497 e. The highest BCUT2D eigenvalue weighted by molar-refractivity contribution is 5.76. The molecule has 29 heavy (non-hydrogen) atoms. The van der Waals surface area contributed by atoms with Gasteiger partial charge in [-0.05, 0) is 42.7 Å². The zero-order chi connectivity index (χ0) is 19.8. The first-order valence-corrected chi connectivity index (χ1v) is 9.68. The monoisotopic (exact) mass is 387 g/mol. The average Bonchev–Trinajstić information content (AvgIpc) is 3.42. The van der Waals surface area contributed by atoms with Gasteiger partial charge < -0.3 is 9.64 Å². The number of hydrogen-bond acceptors (Lipinski definition) is 5. The third-order valence-corrected chi connectivity index (χ3v) is 5.43. The van der Waals surface area contributed by atoms with Crippen molar-refractivity contribution in [3.63, 3.8) is 0 Å². The number of H-pyrrole nitrogens is 1. The number of methoxy groups -OCH3 is 1. The molecule has 3 heterocycles. The molecule has 5 rings (SSSR count). The third-order valence-electron chi connectivity index (χ3n) is 5.43. The van der Waals surface area contributed by atoms with Crippen LogP contribution in [0.2, 0.25) is 0 Å². The number of benzene rings is 2. The molecule has 1 saturated heterocycles. The Kier molecular flexibility index (Phi) is 4.27. The van der Waals surface area contributed by atoms with Gasteiger partial charge in [0.15, 0.2) is 5.65 Å². The molecule has 7 nitrogen and oxygen atoms in total. The number of rotatable bonds is 4. The van der Waals surface area contributed by atoms with E-state index >= 15 is 0 Å². The summed E-state index contributed by atoms with van der Waals surface area (Å²) in [7, 11) is 1.67. The van der Waals surface area contributed by atoms with Gasteiger partial charge in [-0.25, -0.2) is 4.68 Å². The Morgan fingerprint density at radius 2 is 2.00 bits per heavy atom. The summed E-state index contributed by atoms with van der Waals surface area (Å²) < 4.78 is 7.10. The maximum absolute atomic E-state index is 12.7. The summed E-state index contributed by atoms with van der Waals surface area (Å²) in [6, 6.07) is 17.9. The van der Waals surface area contributed by atoms with Crippen LogP contribution in [-0.4, -0.2) is 33.4 Å². The Morgan fingerprint density at radius 1 is 1.14 bits per heavy atom. The summed E-state index contributed by atoms with van der Waals surface area (Å²) >= 11 is 0. The van der Waals surface area contributed by atoms with E-state index in [-0.39, 0.29) is 11.6 Å². The van der Waals surface area contributed by atoms with E-state index in [0.717, 1.165) is 36.4 Å². The number of aromatic nitrogens is 4. The Hall–Kier alpha value is -3.61. The van der Waals surface area contributed by atoms with E-state index < -0.39 is 0 Å². The molecule has 146 valence electrons. The van der Waals surface area contributed by atoms with Crippen molar-refractivity contribution in [1.29, 1.82) is 0 Å². The highest BCUT2D eigenvalue weighted by Crippen LogP contribution is 2.35. The lowest BCUT2D eigenvalue weighted by Gasteiger charge is -2.25. The molecule has 0 amide bonds. The van der Waals surface area contributed by atoms with Crippen molar-refractivity contribution in [2.45, 2.75) is 18.9 Å². The van der Waals surface area contributed by atoms with E-state index in [0.29, 0.717) is 17.0 Å². The second-order valence-electron chi connectivity index (χ2n) is 7.15. The van der Waals surface area contributed by atoms with Crippen molar-refractivity contribution in [3.8, 4) is 11.4 Å². The van der Waals surface area contributed by atoms with Gasteiger partial charge >= 0.3 is 0 Å². The van der Waals surface area contributed by atoms with Crippen molar-refractivity contribution in [3.05, 3.63) is 76.7 Å². The molecule has 0 radical (unpaired) electrons. The topological polar surface area (TPSA) is 76.0 Å². The van der Waals surface area contributed by atoms with Crippen LogP contribution in [0.1, 0.15) is 24.4 Å². The predicted molar refractivity (Wildman–Crippen MR) is 112 cm³/mol. The van der Waals surface area contributed by atoms with Gasteiger partial charge in [0, 0.05) is 6.54 Å². The van der Waals surface area contributed by atoms with Crippen LogP contribution in [0.5, 0.6) is 5.75 Å². The molecular formula is C22H21N5O2. The number of aromatic amines is 1. The molecule has 0 spiro atoms. The molecule has 7 heteroatoms. The van der Waals surface area contributed by atoms with Crippen molar-refractivity contribution in [2.75, 3.05) is 18.6 Å². The van der Waals surface area contributed by atoms with Gasteiger partial charge in [0.1, 0.15) is 11.1 Å². The number of fused-ring (bicyclic) bond motifs is 1. The SMILES string of the molecule is COc1cccc([C@@H]2CCCN2c2nc3c(cnn3-c3ccccc3)c(=O)[nH]2)c1. The van der Waals surface area contributed by atoms with E-state index in [1.165, 1.54) is 0 Å². The third kappa shape index (κ3) is 3.04. The number of para-hydroxylation sites is 1. The minimum Gasteiger partial charge on any atom is -0.497 e. The lowest BCUT2D eigenvalue weighted by Crippen LogP contribution is -2.27. The van der Waals surface area contributed by atoms with Crippen LogP contribution in [0.25, 0.3) is 16.7 Å². The maximum Gasteiger partial charge on any atom is 0.263 e. The first-order valence-electron chi connectivity index (χ1n) is 9.68. The predicted octanol–water partition coefficient (Wildman–Crippen LogP) is 3.46. The van der Waals surface area contributed by atoms with Crippen molar-refractivity contribution in [1.82, 2.24) is 19.7 Å². The molecule has 0 bridgehead atoms. The van der Waals surface area contributed by atoms with Crippen LogP contribution >= 0.6 is 0 Å². The van der Waals surface area contributed by atoms with Gasteiger partial charge in [0.2, 0.25) is 5.95 Å². The van der Waals surface area contributed by atoms with Gasteiger partial charge in [0.25, 0.3) is 5.56 Å². The lowest BCUT2D eigenvalue weighted by atomic mass is 10.0. The van der Waals surface area contributed by atoms with E-state index in [2.05, 4.69) is 21.0 Å². The number of anilines is 1. The molecule has 4 aromatic rings. The minimum atomic E-state index is -0.177. The van der Waals surface area contributed by atoms with Gasteiger partial charge in [-0.1, -0.05) is 30.3 Å². The molecule has 2 aromatic heterocycles. The number of nitrogens with zero attached hydrogens (tertiary/aromatic N) is 4. The molecule has 1 aliphatic heterocycles. The number of nitrogens with one attached hydrogen (secondary N) is 1. The number of hydrogen-bond donors (Lipinski definition) is 1. The van der Waals surface area contributed by atoms with E-state index in [1.54, 1.807) is 18.0 Å². The van der Waals surface area contributed by atoms with Gasteiger partial charge in [-0.2, -0.15) is 10.1 Å². The van der Waals surface area contributed by atoms with Crippen LogP contribution in [0.3, 0.4) is 0 Å². The summed E-state index contributed by atoms with van der Waals surface area (Å²) in [5, 5.41) is 4.87. The first kappa shape index (κ1) is 17.5. The summed E-state index contributed by atoms with van der Waals surface area (Å²) in [5.74, 6) is 1.40. The molecule has 1 fully saturated rings. The Bertz CT molecular complexity index is 1210. The van der Waals surface area contributed by atoms with E-state index in [4.69, 9.17) is 9.72 Å². The van der Waals surface area contributed by atoms with Crippen LogP contribution in [0, 0.1) is 0 Å². The molecule has 2 aromatic carbocycles. The second-order valence-corrected chi connectivity index (χ2v) is 7.15. The Labute approximate surface area is 167 Å². The fourth-order valence-corrected chi connectivity index (χ4v) is 4.02. The number of ether oxygens (including phenoxy) is 1. The maximum atomic E-state index is 12.7. The molecule has 1 N–H and O–H groups in total. The standard InChI is InChI=1S/C22H21N5O2/c1-29-17-10-5-7-15(13-17)19-11-6-12-26(19)22-24-20-18(21(28)25-22)14-23-27(20)16-8-3-2-4-9-16/h2-5,7-10,13-14,19H,6,11-12H2,1H3,(H,24,25,28)/t19-/m0/s1. The zero-order valence-corrected chi connectivity index (χ0v) is 16.1. The highest BCUT2D eigenvalue weighted by atomic mass is 16.5. The van der Waals surface area contributed by atoms with Crippen molar-refractivity contribution in [2.24, 2.45) is 0 Å². The molecule has 1 atom stereocenters. The Balaban J connectivity index is 1.60. The first-order chi connectivity index (χ1) is 14.2. The van der Waals surface area contributed by atoms with Crippen LogP contribution in [-0.2, 0) is 0 Å². The van der Waals surface area contributed by atoms with Gasteiger partial charge in [0.05, 0.1) is 25.0 Å². The van der Waals surface area contributed by atoms with Crippen molar-refractivity contribution >= 4 is 17.0 Å². The van der Waals surface area contributed by atoms with Gasteiger partial charge in [-0.3, -0.25) is 9.78 Å². The quantitative estimate of drug-likeness (QED) is 0.580. The zero-order valence-electron chi connectivity index (χ0n) is 16.1. The normalized spacial score (nSPS) is 16.4. The fraction of sp³-hybridized carbons (Fsp3) is 0.227. The molecular weight excluding hydrogens is 366 g/mol. The molecule has 0 unspecified atom stereocenters. The summed E-state index contributed by atoms with van der Waals surface area (Å²) in [4.78, 5) is 22.7. The second kappa shape index (κ2) is 7.09. The minimum absolute atomic E-state index is 0.138. The lowest BCUT2D eigenvalue weighted by molar-refractivity contribution is 0.414. The van der Waals surface area contributed by atoms with Crippen LogP contribution in [0.15, 0.2) is 65.6 Å². The van der Waals surface area contributed by atoms with E-state index in [1.807, 2.05) is 48.5 Å². The fourth-order valence-electron chi connectivity index (χ4n) is 4.02. The molecule has 1 aliphatic rings. The van der Waals surface area contributed by atoms with E-state index in [9.17, 15) is 4.79 Å². The smallest absolute Gasteiger partial charge is 0.263 e. The van der Waals surface area contributed by atoms with Crippen LogP contribution in [0.4, 0.5) is 5.95 Å². The van der Waals surface area contributed by atoms with Crippen molar-refractivity contribution < 1.29 is 4.74 Å². The molecule has 0 saturated carbocycles. The molecule has 0 aliphatic carbocycles. The Morgan fingerprint density at radius 3 is 2.83 bits per heavy atom. The summed E-state index contributed by atoms with van der Waals surface area (Å²) in [5.41, 5.74) is 2.41. The highest BCUT2D eigenvalue weighted by Gasteiger charge is 2.29. The van der Waals surface area contributed by atoms with Crippen LogP contribution < -0.4 is 15.2 Å². The summed E-state index contributed by atoms with van der Waals surface area (Å²) in [6.45, 7) is 0.829.